The third-order valence-electron chi connectivity index (χ3n) is 1.76. The largest absolute Gasteiger partial charge is 0.382 e. The van der Waals surface area contributed by atoms with E-state index in [9.17, 15) is 26.0 Å². The number of hydrogen-bond acceptors (Lipinski definition) is 3. The van der Waals surface area contributed by atoms with Crippen molar-refractivity contribution in [3.05, 3.63) is 29.3 Å². The second-order valence-electron chi connectivity index (χ2n) is 3.19. The molecule has 0 radical (unpaired) electrons. The summed E-state index contributed by atoms with van der Waals surface area (Å²) in [6.07, 6.45) is -5.35. The molecule has 0 N–H and O–H groups in total. The highest BCUT2D eigenvalue weighted by Gasteiger charge is 2.20. The quantitative estimate of drug-likeness (QED) is 0.625. The van der Waals surface area contributed by atoms with Gasteiger partial charge in [0.1, 0.15) is 0 Å². The fraction of sp³-hybridized carbons (Fsp3) is 0.333. The van der Waals surface area contributed by atoms with E-state index in [1.165, 1.54) is 0 Å². The summed E-state index contributed by atoms with van der Waals surface area (Å²) in [5.74, 6) is -0.646. The van der Waals surface area contributed by atoms with Gasteiger partial charge in [0.05, 0.1) is 11.8 Å². The van der Waals surface area contributed by atoms with Gasteiger partial charge in [0.25, 0.3) is 12.9 Å². The summed E-state index contributed by atoms with van der Waals surface area (Å²) in [5, 5.41) is 0. The molecular formula is C9H8F4O3S. The Morgan fingerprint density at radius 2 is 1.71 bits per heavy atom. The number of alkyl halides is 4. The van der Waals surface area contributed by atoms with Crippen molar-refractivity contribution in [3.63, 3.8) is 0 Å². The standard InChI is InChI=1S/C9H8F4O3S/c1-17(14,15)16-7-3-2-5(8(10)11)4-6(7)9(12)13/h2-4,8-9H,1H3. The Morgan fingerprint density at radius 1 is 1.12 bits per heavy atom. The fourth-order valence-corrected chi connectivity index (χ4v) is 1.59. The van der Waals surface area contributed by atoms with Gasteiger partial charge in [0.15, 0.2) is 5.75 Å². The van der Waals surface area contributed by atoms with Crippen LogP contribution < -0.4 is 4.18 Å². The Bertz CT molecular complexity index is 499. The van der Waals surface area contributed by atoms with E-state index in [-0.39, 0.29) is 0 Å². The zero-order chi connectivity index (χ0) is 13.2. The first-order chi connectivity index (χ1) is 7.70. The van der Waals surface area contributed by atoms with Gasteiger partial charge in [-0.1, -0.05) is 0 Å². The molecule has 0 amide bonds. The molecule has 1 aromatic rings. The molecule has 0 unspecified atom stereocenters. The minimum absolute atomic E-state index is 0.524. The average Bonchev–Trinajstić information content (AvgIpc) is 2.14. The Hall–Kier alpha value is -1.31. The third-order valence-corrected chi connectivity index (χ3v) is 2.24. The molecule has 0 spiro atoms. The summed E-state index contributed by atoms with van der Waals surface area (Å²) >= 11 is 0. The van der Waals surface area contributed by atoms with Crippen molar-refractivity contribution >= 4 is 10.1 Å². The van der Waals surface area contributed by atoms with E-state index in [4.69, 9.17) is 0 Å². The van der Waals surface area contributed by atoms with Crippen molar-refractivity contribution in [3.8, 4) is 5.75 Å². The lowest BCUT2D eigenvalue weighted by Crippen LogP contribution is -2.08. The van der Waals surface area contributed by atoms with Gasteiger partial charge in [-0.25, -0.2) is 17.6 Å². The Kier molecular flexibility index (Phi) is 3.97. The van der Waals surface area contributed by atoms with Gasteiger partial charge in [-0.05, 0) is 18.2 Å². The molecule has 0 aliphatic carbocycles. The van der Waals surface area contributed by atoms with E-state index >= 15 is 0 Å². The molecule has 0 saturated heterocycles. The van der Waals surface area contributed by atoms with Crippen LogP contribution in [0.25, 0.3) is 0 Å². The smallest absolute Gasteiger partial charge is 0.306 e. The monoisotopic (exact) mass is 272 g/mol. The Balaban J connectivity index is 3.22. The van der Waals surface area contributed by atoms with E-state index in [0.717, 1.165) is 12.1 Å². The molecule has 0 aromatic heterocycles. The first-order valence-corrected chi connectivity index (χ1v) is 6.12. The zero-order valence-corrected chi connectivity index (χ0v) is 9.35. The molecule has 0 atom stereocenters. The molecule has 3 nitrogen and oxygen atoms in total. The van der Waals surface area contributed by atoms with Gasteiger partial charge in [-0.15, -0.1) is 0 Å². The predicted molar refractivity (Wildman–Crippen MR) is 51.8 cm³/mol. The summed E-state index contributed by atoms with van der Waals surface area (Å²) in [6, 6.07) is 2.14. The number of hydrogen-bond donors (Lipinski definition) is 0. The van der Waals surface area contributed by atoms with E-state index in [1.54, 1.807) is 0 Å². The van der Waals surface area contributed by atoms with E-state index in [2.05, 4.69) is 4.18 Å². The van der Waals surface area contributed by atoms with Crippen molar-refractivity contribution in [2.45, 2.75) is 12.9 Å². The summed E-state index contributed by atoms with van der Waals surface area (Å²) < 4.78 is 75.4. The highest BCUT2D eigenvalue weighted by atomic mass is 32.2. The number of halogens is 4. The van der Waals surface area contributed by atoms with Crippen LogP contribution >= 0.6 is 0 Å². The molecule has 0 heterocycles. The average molecular weight is 272 g/mol. The molecule has 0 aliphatic heterocycles. The topological polar surface area (TPSA) is 43.4 Å². The molecule has 17 heavy (non-hydrogen) atoms. The first-order valence-electron chi connectivity index (χ1n) is 4.30. The second kappa shape index (κ2) is 4.91. The molecule has 8 heteroatoms. The van der Waals surface area contributed by atoms with Crippen molar-refractivity contribution in [1.82, 2.24) is 0 Å². The van der Waals surface area contributed by atoms with E-state index in [1.807, 2.05) is 0 Å². The van der Waals surface area contributed by atoms with Gasteiger partial charge >= 0.3 is 10.1 Å². The molecule has 0 bridgehead atoms. The lowest BCUT2D eigenvalue weighted by atomic mass is 10.1. The number of rotatable bonds is 4. The summed E-state index contributed by atoms with van der Waals surface area (Å²) in [5.41, 5.74) is -1.51. The highest BCUT2D eigenvalue weighted by Crippen LogP contribution is 2.33. The van der Waals surface area contributed by atoms with Gasteiger partial charge in [-0.2, -0.15) is 8.42 Å². The molecule has 1 rings (SSSR count). The zero-order valence-electron chi connectivity index (χ0n) is 8.53. The lowest BCUT2D eigenvalue weighted by Gasteiger charge is -2.10. The maximum absolute atomic E-state index is 12.5. The minimum Gasteiger partial charge on any atom is -0.382 e. The fourth-order valence-electron chi connectivity index (χ4n) is 1.11. The molecule has 1 aromatic carbocycles. The number of benzene rings is 1. The van der Waals surface area contributed by atoms with Gasteiger partial charge < -0.3 is 4.18 Å². The minimum atomic E-state index is -3.99. The second-order valence-corrected chi connectivity index (χ2v) is 4.76. The molecule has 96 valence electrons. The van der Waals surface area contributed by atoms with Crippen LogP contribution in [0.4, 0.5) is 17.6 Å². The van der Waals surface area contributed by atoms with Crippen molar-refractivity contribution in [1.29, 1.82) is 0 Å². The predicted octanol–water partition coefficient (Wildman–Crippen LogP) is 2.90. The third kappa shape index (κ3) is 3.88. The molecule has 0 saturated carbocycles. The van der Waals surface area contributed by atoms with Gasteiger partial charge in [0.2, 0.25) is 0 Å². The van der Waals surface area contributed by atoms with Crippen molar-refractivity contribution in [2.75, 3.05) is 6.26 Å². The Labute approximate surface area is 95.1 Å². The normalized spacial score (nSPS) is 12.2. The van der Waals surface area contributed by atoms with Crippen LogP contribution in [0.1, 0.15) is 24.0 Å². The Morgan fingerprint density at radius 3 is 2.12 bits per heavy atom. The van der Waals surface area contributed by atoms with Crippen LogP contribution in [0.5, 0.6) is 5.75 Å². The van der Waals surface area contributed by atoms with E-state index < -0.39 is 39.8 Å². The van der Waals surface area contributed by atoms with Crippen LogP contribution in [0.2, 0.25) is 0 Å². The van der Waals surface area contributed by atoms with Crippen molar-refractivity contribution in [2.24, 2.45) is 0 Å². The first kappa shape index (κ1) is 13.8. The molecule has 0 fully saturated rings. The van der Waals surface area contributed by atoms with Crippen LogP contribution in [0, 0.1) is 0 Å². The lowest BCUT2D eigenvalue weighted by molar-refractivity contribution is 0.142. The SMILES string of the molecule is CS(=O)(=O)Oc1ccc(C(F)F)cc1C(F)F. The maximum atomic E-state index is 12.5. The van der Waals surface area contributed by atoms with Crippen LogP contribution in [-0.2, 0) is 10.1 Å². The highest BCUT2D eigenvalue weighted by molar-refractivity contribution is 7.86. The maximum Gasteiger partial charge on any atom is 0.306 e. The van der Waals surface area contributed by atoms with Gasteiger partial charge in [-0.3, -0.25) is 0 Å². The van der Waals surface area contributed by atoms with Crippen LogP contribution in [0.15, 0.2) is 18.2 Å². The van der Waals surface area contributed by atoms with Crippen LogP contribution in [-0.4, -0.2) is 14.7 Å². The summed E-state index contributed by atoms with van der Waals surface area (Å²) in [7, 11) is -3.99. The molecule has 0 aliphatic rings. The van der Waals surface area contributed by atoms with Crippen LogP contribution in [0.3, 0.4) is 0 Å². The van der Waals surface area contributed by atoms with Crippen molar-refractivity contribution < 1.29 is 30.2 Å². The molecular weight excluding hydrogens is 264 g/mol. The van der Waals surface area contributed by atoms with E-state index in [0.29, 0.717) is 12.3 Å². The summed E-state index contributed by atoms with van der Waals surface area (Å²) in [4.78, 5) is 0. The van der Waals surface area contributed by atoms with Gasteiger partial charge in [0, 0.05) is 5.56 Å². The summed E-state index contributed by atoms with van der Waals surface area (Å²) in [6.45, 7) is 0.